The van der Waals surface area contributed by atoms with Crippen LogP contribution in [0.3, 0.4) is 0 Å². The molecule has 3 unspecified atom stereocenters. The lowest BCUT2D eigenvalue weighted by molar-refractivity contribution is -0.0323. The van der Waals surface area contributed by atoms with E-state index in [-0.39, 0.29) is 0 Å². The molecule has 0 amide bonds. The fourth-order valence-corrected chi connectivity index (χ4v) is 3.69. The standard InChI is InChI=1S/C17H34N2O/c1-3-5-11-19(14-15-8-6-10-18-15)16-9-12-20-17(13-16)7-4-2/h15-18H,3-14H2,1-2H3. The SMILES string of the molecule is CCCCN(CC1CCCN1)C1CCOC(CCC)C1. The van der Waals surface area contributed by atoms with E-state index < -0.39 is 0 Å². The molecule has 0 aromatic rings. The van der Waals surface area contributed by atoms with Crippen LogP contribution in [0.15, 0.2) is 0 Å². The Bertz CT molecular complexity index is 251. The van der Waals surface area contributed by atoms with Crippen LogP contribution in [0.2, 0.25) is 0 Å². The molecule has 3 heteroatoms. The highest BCUT2D eigenvalue weighted by molar-refractivity contribution is 4.84. The lowest BCUT2D eigenvalue weighted by Gasteiger charge is -2.39. The maximum Gasteiger partial charge on any atom is 0.0590 e. The second-order valence-electron chi connectivity index (χ2n) is 6.60. The second-order valence-corrected chi connectivity index (χ2v) is 6.60. The van der Waals surface area contributed by atoms with E-state index in [0.29, 0.717) is 6.10 Å². The molecule has 0 bridgehead atoms. The highest BCUT2D eigenvalue weighted by Gasteiger charge is 2.28. The second kappa shape index (κ2) is 9.01. The van der Waals surface area contributed by atoms with E-state index in [4.69, 9.17) is 4.74 Å². The zero-order valence-corrected chi connectivity index (χ0v) is 13.6. The number of nitrogens with one attached hydrogen (secondary N) is 1. The van der Waals surface area contributed by atoms with Crippen molar-refractivity contribution in [3.05, 3.63) is 0 Å². The van der Waals surface area contributed by atoms with Gasteiger partial charge in [-0.25, -0.2) is 0 Å². The molecule has 2 rings (SSSR count). The van der Waals surface area contributed by atoms with Gasteiger partial charge in [0.2, 0.25) is 0 Å². The maximum atomic E-state index is 5.93. The van der Waals surface area contributed by atoms with Crippen LogP contribution < -0.4 is 5.32 Å². The number of rotatable bonds is 8. The van der Waals surface area contributed by atoms with Crippen molar-refractivity contribution in [2.24, 2.45) is 0 Å². The number of hydrogen-bond donors (Lipinski definition) is 1. The largest absolute Gasteiger partial charge is 0.378 e. The molecule has 2 fully saturated rings. The minimum atomic E-state index is 0.513. The van der Waals surface area contributed by atoms with Gasteiger partial charge in [0.15, 0.2) is 0 Å². The van der Waals surface area contributed by atoms with Crippen molar-refractivity contribution in [2.45, 2.75) is 83.4 Å². The summed E-state index contributed by atoms with van der Waals surface area (Å²) < 4.78 is 5.93. The van der Waals surface area contributed by atoms with Crippen LogP contribution in [0, 0.1) is 0 Å². The zero-order valence-electron chi connectivity index (χ0n) is 13.6. The van der Waals surface area contributed by atoms with E-state index in [1.807, 2.05) is 0 Å². The number of nitrogens with zero attached hydrogens (tertiary/aromatic N) is 1. The fourth-order valence-electron chi connectivity index (χ4n) is 3.69. The Balaban J connectivity index is 1.86. The molecule has 2 aliphatic rings. The summed E-state index contributed by atoms with van der Waals surface area (Å²) in [5, 5.41) is 3.67. The molecular weight excluding hydrogens is 248 g/mol. The number of hydrogen-bond acceptors (Lipinski definition) is 3. The minimum Gasteiger partial charge on any atom is -0.378 e. The molecule has 118 valence electrons. The van der Waals surface area contributed by atoms with Crippen LogP contribution in [-0.2, 0) is 4.74 Å². The number of ether oxygens (including phenoxy) is 1. The maximum absolute atomic E-state index is 5.93. The van der Waals surface area contributed by atoms with Crippen LogP contribution in [0.1, 0.15) is 65.2 Å². The smallest absolute Gasteiger partial charge is 0.0590 e. The van der Waals surface area contributed by atoms with Crippen LogP contribution in [0.4, 0.5) is 0 Å². The molecule has 3 nitrogen and oxygen atoms in total. The fraction of sp³-hybridized carbons (Fsp3) is 1.00. The predicted molar refractivity (Wildman–Crippen MR) is 85.2 cm³/mol. The van der Waals surface area contributed by atoms with E-state index in [0.717, 1.165) is 18.7 Å². The normalized spacial score (nSPS) is 31.1. The summed E-state index contributed by atoms with van der Waals surface area (Å²) in [6, 6.07) is 1.49. The van der Waals surface area contributed by atoms with E-state index in [9.17, 15) is 0 Å². The first-order chi connectivity index (χ1) is 9.83. The molecule has 0 spiro atoms. The van der Waals surface area contributed by atoms with Crippen LogP contribution in [0.25, 0.3) is 0 Å². The summed E-state index contributed by atoms with van der Waals surface area (Å²) in [6.07, 6.45) is 10.8. The first kappa shape index (κ1) is 16.3. The van der Waals surface area contributed by atoms with Crippen molar-refractivity contribution in [1.29, 1.82) is 0 Å². The van der Waals surface area contributed by atoms with Gasteiger partial charge in [-0.3, -0.25) is 4.90 Å². The van der Waals surface area contributed by atoms with E-state index in [1.165, 1.54) is 71.0 Å². The molecule has 2 heterocycles. The molecule has 0 aliphatic carbocycles. The summed E-state index contributed by atoms with van der Waals surface area (Å²) in [4.78, 5) is 2.78. The Kier molecular flexibility index (Phi) is 7.32. The van der Waals surface area contributed by atoms with Crippen molar-refractivity contribution in [2.75, 3.05) is 26.2 Å². The van der Waals surface area contributed by atoms with Gasteiger partial charge in [-0.05, 0) is 51.6 Å². The molecule has 0 radical (unpaired) electrons. The van der Waals surface area contributed by atoms with Gasteiger partial charge in [-0.2, -0.15) is 0 Å². The minimum absolute atomic E-state index is 0.513. The van der Waals surface area contributed by atoms with Crippen molar-refractivity contribution in [3.8, 4) is 0 Å². The summed E-state index contributed by atoms with van der Waals surface area (Å²) >= 11 is 0. The van der Waals surface area contributed by atoms with Crippen LogP contribution in [0.5, 0.6) is 0 Å². The molecule has 20 heavy (non-hydrogen) atoms. The number of unbranched alkanes of at least 4 members (excludes halogenated alkanes) is 1. The van der Waals surface area contributed by atoms with Gasteiger partial charge < -0.3 is 10.1 Å². The Labute approximate surface area is 125 Å². The molecule has 1 N–H and O–H groups in total. The topological polar surface area (TPSA) is 24.5 Å². The van der Waals surface area contributed by atoms with E-state index >= 15 is 0 Å². The molecule has 3 atom stereocenters. The summed E-state index contributed by atoms with van der Waals surface area (Å²) in [5.41, 5.74) is 0. The van der Waals surface area contributed by atoms with Gasteiger partial charge >= 0.3 is 0 Å². The van der Waals surface area contributed by atoms with Crippen molar-refractivity contribution >= 4 is 0 Å². The Hall–Kier alpha value is -0.120. The van der Waals surface area contributed by atoms with Gasteiger partial charge in [0.05, 0.1) is 6.10 Å². The van der Waals surface area contributed by atoms with Crippen LogP contribution >= 0.6 is 0 Å². The summed E-state index contributed by atoms with van der Waals surface area (Å²) in [6.45, 7) is 9.29. The molecule has 0 aromatic carbocycles. The predicted octanol–water partition coefficient (Wildman–Crippen LogP) is 3.19. The first-order valence-corrected chi connectivity index (χ1v) is 8.92. The lowest BCUT2D eigenvalue weighted by atomic mass is 9.97. The molecular formula is C17H34N2O. The van der Waals surface area contributed by atoms with E-state index in [2.05, 4.69) is 24.1 Å². The van der Waals surface area contributed by atoms with Crippen LogP contribution in [-0.4, -0.2) is 49.3 Å². The molecule has 2 saturated heterocycles. The van der Waals surface area contributed by atoms with Gasteiger partial charge in [0.1, 0.15) is 0 Å². The third kappa shape index (κ3) is 5.01. The Morgan fingerprint density at radius 2 is 2.10 bits per heavy atom. The molecule has 0 saturated carbocycles. The van der Waals surface area contributed by atoms with Gasteiger partial charge in [-0.1, -0.05) is 26.7 Å². The lowest BCUT2D eigenvalue weighted by Crippen LogP contribution is -2.47. The van der Waals surface area contributed by atoms with Gasteiger partial charge in [-0.15, -0.1) is 0 Å². The average Bonchev–Trinajstić information content (AvgIpc) is 2.97. The highest BCUT2D eigenvalue weighted by Crippen LogP contribution is 2.23. The average molecular weight is 282 g/mol. The van der Waals surface area contributed by atoms with E-state index in [1.54, 1.807) is 0 Å². The van der Waals surface area contributed by atoms with Crippen molar-refractivity contribution in [3.63, 3.8) is 0 Å². The molecule has 2 aliphatic heterocycles. The Morgan fingerprint density at radius 1 is 1.20 bits per heavy atom. The summed E-state index contributed by atoms with van der Waals surface area (Å²) in [7, 11) is 0. The monoisotopic (exact) mass is 282 g/mol. The van der Waals surface area contributed by atoms with Gasteiger partial charge in [0.25, 0.3) is 0 Å². The van der Waals surface area contributed by atoms with Crippen molar-refractivity contribution in [1.82, 2.24) is 10.2 Å². The zero-order chi connectivity index (χ0) is 14.2. The quantitative estimate of drug-likeness (QED) is 0.740. The van der Waals surface area contributed by atoms with Crippen molar-refractivity contribution < 1.29 is 4.74 Å². The van der Waals surface area contributed by atoms with Gasteiger partial charge in [0, 0.05) is 25.2 Å². The molecule has 0 aromatic heterocycles. The highest BCUT2D eigenvalue weighted by atomic mass is 16.5. The first-order valence-electron chi connectivity index (χ1n) is 8.92. The third-order valence-electron chi connectivity index (χ3n) is 4.88. The third-order valence-corrected chi connectivity index (χ3v) is 4.88. The Morgan fingerprint density at radius 3 is 2.80 bits per heavy atom. The summed E-state index contributed by atoms with van der Waals surface area (Å²) in [5.74, 6) is 0.